The lowest BCUT2D eigenvalue weighted by molar-refractivity contribution is 0.347. The molecule has 1 aromatic heterocycles. The average molecular weight is 312 g/mol. The lowest BCUT2D eigenvalue weighted by atomic mass is 10.0. The number of methoxy groups -OCH3 is 3. The van der Waals surface area contributed by atoms with Gasteiger partial charge in [0, 0.05) is 18.7 Å². The Morgan fingerprint density at radius 1 is 1.10 bits per heavy atom. The third kappa shape index (κ3) is 2.77. The van der Waals surface area contributed by atoms with Crippen LogP contribution in [0.3, 0.4) is 0 Å². The highest BCUT2D eigenvalue weighted by molar-refractivity contribution is 6.31. The van der Waals surface area contributed by atoms with Crippen molar-refractivity contribution in [1.29, 1.82) is 0 Å². The zero-order valence-electron chi connectivity index (χ0n) is 12.4. The molecule has 0 amide bonds. The Bertz CT molecular complexity index is 623. The van der Waals surface area contributed by atoms with E-state index in [4.69, 9.17) is 31.5 Å². The lowest BCUT2D eigenvalue weighted by Gasteiger charge is -2.19. The molecule has 114 valence electrons. The highest BCUT2D eigenvalue weighted by atomic mass is 35.5. The fourth-order valence-electron chi connectivity index (χ4n) is 2.21. The molecule has 0 aliphatic heterocycles. The van der Waals surface area contributed by atoms with Gasteiger partial charge in [0.15, 0.2) is 11.5 Å². The number of nitrogens with zero attached hydrogens (tertiary/aromatic N) is 2. The molecule has 21 heavy (non-hydrogen) atoms. The Kier molecular flexibility index (Phi) is 4.59. The highest BCUT2D eigenvalue weighted by Crippen LogP contribution is 2.39. The van der Waals surface area contributed by atoms with Crippen LogP contribution in [-0.4, -0.2) is 31.1 Å². The van der Waals surface area contributed by atoms with Crippen molar-refractivity contribution < 1.29 is 14.2 Å². The van der Waals surface area contributed by atoms with Gasteiger partial charge < -0.3 is 19.9 Å². The van der Waals surface area contributed by atoms with Gasteiger partial charge in [-0.15, -0.1) is 0 Å². The van der Waals surface area contributed by atoms with Gasteiger partial charge >= 0.3 is 0 Å². The molecule has 0 saturated carbocycles. The Labute approximate surface area is 128 Å². The van der Waals surface area contributed by atoms with Crippen molar-refractivity contribution in [3.05, 3.63) is 34.6 Å². The molecule has 0 fully saturated rings. The van der Waals surface area contributed by atoms with Crippen LogP contribution in [0.25, 0.3) is 0 Å². The van der Waals surface area contributed by atoms with Gasteiger partial charge in [-0.05, 0) is 6.07 Å². The number of ether oxygens (including phenoxy) is 3. The maximum Gasteiger partial charge on any atom is 0.164 e. The number of aromatic nitrogens is 2. The average Bonchev–Trinajstić information content (AvgIpc) is 2.84. The Hall–Kier alpha value is -1.92. The summed E-state index contributed by atoms with van der Waals surface area (Å²) in [7, 11) is 6.49. The molecule has 6 nitrogen and oxygen atoms in total. The normalized spacial score (nSPS) is 12.1. The minimum Gasteiger partial charge on any atom is -0.496 e. The molecular formula is C14H18ClN3O3. The van der Waals surface area contributed by atoms with Crippen molar-refractivity contribution in [3.63, 3.8) is 0 Å². The SMILES string of the molecule is COc1cc(OC)c(C(N)c2c(Cl)cnn2C)cc1OC. The van der Waals surface area contributed by atoms with Gasteiger partial charge in [0.1, 0.15) is 5.75 Å². The van der Waals surface area contributed by atoms with Crippen LogP contribution in [0, 0.1) is 0 Å². The molecule has 2 N–H and O–H groups in total. The van der Waals surface area contributed by atoms with Crippen LogP contribution in [0.1, 0.15) is 17.3 Å². The van der Waals surface area contributed by atoms with Crippen LogP contribution in [0.2, 0.25) is 5.02 Å². The lowest BCUT2D eigenvalue weighted by Crippen LogP contribution is -2.17. The molecule has 1 atom stereocenters. The monoisotopic (exact) mass is 311 g/mol. The number of aryl methyl sites for hydroxylation is 1. The smallest absolute Gasteiger partial charge is 0.164 e. The summed E-state index contributed by atoms with van der Waals surface area (Å²) in [5.41, 5.74) is 7.77. The molecule has 0 aliphatic rings. The zero-order valence-corrected chi connectivity index (χ0v) is 13.1. The van der Waals surface area contributed by atoms with Gasteiger partial charge in [-0.2, -0.15) is 5.10 Å². The van der Waals surface area contributed by atoms with Gasteiger partial charge in [0.2, 0.25) is 0 Å². The summed E-state index contributed by atoms with van der Waals surface area (Å²) in [6, 6.07) is 3.02. The second-order valence-corrected chi connectivity index (χ2v) is 4.84. The first-order chi connectivity index (χ1) is 10.0. The molecular weight excluding hydrogens is 294 g/mol. The number of hydrogen-bond donors (Lipinski definition) is 1. The van der Waals surface area contributed by atoms with Crippen molar-refractivity contribution in [3.8, 4) is 17.2 Å². The van der Waals surface area contributed by atoms with Crippen molar-refractivity contribution in [2.75, 3.05) is 21.3 Å². The maximum atomic E-state index is 6.33. The predicted octanol–water partition coefficient (Wildman–Crippen LogP) is 2.15. The third-order valence-corrected chi connectivity index (χ3v) is 3.59. The summed E-state index contributed by atoms with van der Waals surface area (Å²) in [4.78, 5) is 0. The largest absolute Gasteiger partial charge is 0.496 e. The van der Waals surface area contributed by atoms with Crippen LogP contribution >= 0.6 is 11.6 Å². The Morgan fingerprint density at radius 3 is 2.14 bits per heavy atom. The van der Waals surface area contributed by atoms with Gasteiger partial charge in [0.05, 0.1) is 44.3 Å². The van der Waals surface area contributed by atoms with E-state index in [1.54, 1.807) is 51.4 Å². The van der Waals surface area contributed by atoms with Gasteiger partial charge in [-0.3, -0.25) is 4.68 Å². The number of nitrogens with two attached hydrogens (primary N) is 1. The molecule has 1 aromatic carbocycles. The van der Waals surface area contributed by atoms with E-state index in [0.717, 1.165) is 5.56 Å². The van der Waals surface area contributed by atoms with E-state index in [1.165, 1.54) is 0 Å². The van der Waals surface area contributed by atoms with E-state index in [9.17, 15) is 0 Å². The van der Waals surface area contributed by atoms with E-state index >= 15 is 0 Å². The van der Waals surface area contributed by atoms with Crippen LogP contribution in [0.5, 0.6) is 17.2 Å². The fourth-order valence-corrected chi connectivity index (χ4v) is 2.50. The maximum absolute atomic E-state index is 6.33. The van der Waals surface area contributed by atoms with Gasteiger partial charge in [-0.25, -0.2) is 0 Å². The zero-order chi connectivity index (χ0) is 15.6. The van der Waals surface area contributed by atoms with Gasteiger partial charge in [-0.1, -0.05) is 11.6 Å². The molecule has 1 heterocycles. The minimum atomic E-state index is -0.500. The van der Waals surface area contributed by atoms with Crippen molar-refractivity contribution in [1.82, 2.24) is 9.78 Å². The first kappa shape index (κ1) is 15.5. The Balaban J connectivity index is 2.57. The molecule has 0 bridgehead atoms. The van der Waals surface area contributed by atoms with Crippen LogP contribution in [-0.2, 0) is 7.05 Å². The number of benzene rings is 1. The summed E-state index contributed by atoms with van der Waals surface area (Å²) in [5, 5.41) is 4.60. The molecule has 2 rings (SSSR count). The van der Waals surface area contributed by atoms with Gasteiger partial charge in [0.25, 0.3) is 0 Å². The summed E-state index contributed by atoms with van der Waals surface area (Å²) in [5.74, 6) is 1.74. The van der Waals surface area contributed by atoms with Crippen LogP contribution < -0.4 is 19.9 Å². The highest BCUT2D eigenvalue weighted by Gasteiger charge is 2.23. The number of halogens is 1. The van der Waals surface area contributed by atoms with E-state index in [0.29, 0.717) is 28.0 Å². The summed E-state index contributed by atoms with van der Waals surface area (Å²) < 4.78 is 17.6. The quantitative estimate of drug-likeness (QED) is 0.916. The standard InChI is InChI=1S/C14H18ClN3O3/c1-18-14(9(15)7-17-18)13(16)8-5-11(20-3)12(21-4)6-10(8)19-2/h5-7,13H,16H2,1-4H3. The summed E-state index contributed by atoms with van der Waals surface area (Å²) >= 11 is 6.16. The van der Waals surface area contributed by atoms with Crippen LogP contribution in [0.15, 0.2) is 18.3 Å². The summed E-state index contributed by atoms with van der Waals surface area (Å²) in [6.45, 7) is 0. The van der Waals surface area contributed by atoms with Crippen LogP contribution in [0.4, 0.5) is 0 Å². The summed E-state index contributed by atoms with van der Waals surface area (Å²) in [6.07, 6.45) is 1.56. The number of hydrogen-bond acceptors (Lipinski definition) is 5. The van der Waals surface area contributed by atoms with E-state index in [-0.39, 0.29) is 0 Å². The Morgan fingerprint density at radius 2 is 1.67 bits per heavy atom. The van der Waals surface area contributed by atoms with E-state index in [1.807, 2.05) is 0 Å². The van der Waals surface area contributed by atoms with Crippen molar-refractivity contribution in [2.24, 2.45) is 12.8 Å². The van der Waals surface area contributed by atoms with Crippen molar-refractivity contribution in [2.45, 2.75) is 6.04 Å². The minimum absolute atomic E-state index is 0.500. The first-order valence-electron chi connectivity index (χ1n) is 6.26. The topological polar surface area (TPSA) is 71.5 Å². The molecule has 2 aromatic rings. The second kappa shape index (κ2) is 6.24. The number of rotatable bonds is 5. The molecule has 0 spiro atoms. The molecule has 0 aliphatic carbocycles. The predicted molar refractivity (Wildman–Crippen MR) is 80.3 cm³/mol. The molecule has 1 unspecified atom stereocenters. The van der Waals surface area contributed by atoms with Crippen molar-refractivity contribution >= 4 is 11.6 Å². The first-order valence-corrected chi connectivity index (χ1v) is 6.64. The molecule has 0 radical (unpaired) electrons. The third-order valence-electron chi connectivity index (χ3n) is 3.30. The fraction of sp³-hybridized carbons (Fsp3) is 0.357. The van der Waals surface area contributed by atoms with E-state index in [2.05, 4.69) is 5.10 Å². The van der Waals surface area contributed by atoms with E-state index < -0.39 is 6.04 Å². The molecule has 7 heteroatoms. The molecule has 0 saturated heterocycles. The second-order valence-electron chi connectivity index (χ2n) is 4.43.